The van der Waals surface area contributed by atoms with Crippen molar-refractivity contribution in [3.8, 4) is 11.5 Å². The van der Waals surface area contributed by atoms with Gasteiger partial charge in [0.05, 0.1) is 38.1 Å². The number of methoxy groups -OCH3 is 2. The third-order valence-corrected chi connectivity index (χ3v) is 7.41. The Bertz CT molecular complexity index is 972. The van der Waals surface area contributed by atoms with Crippen molar-refractivity contribution in [3.05, 3.63) is 47.7 Å². The number of nitrogens with one attached hydrogen (secondary N) is 1. The summed E-state index contributed by atoms with van der Waals surface area (Å²) in [5.41, 5.74) is 2.14. The van der Waals surface area contributed by atoms with Gasteiger partial charge in [-0.15, -0.1) is 6.58 Å². The van der Waals surface area contributed by atoms with Crippen LogP contribution in [0.5, 0.6) is 11.5 Å². The topological polar surface area (TPSA) is 71.1 Å². The van der Waals surface area contributed by atoms with Crippen LogP contribution in [-0.4, -0.2) is 55.1 Å². The van der Waals surface area contributed by atoms with E-state index in [1.54, 1.807) is 25.2 Å². The number of hydrogen-bond acceptors (Lipinski definition) is 4. The van der Waals surface area contributed by atoms with Gasteiger partial charge in [-0.1, -0.05) is 12.5 Å². The molecule has 4 atom stereocenters. The lowest BCUT2D eigenvalue weighted by atomic mass is 9.93. The van der Waals surface area contributed by atoms with E-state index in [0.29, 0.717) is 36.1 Å². The van der Waals surface area contributed by atoms with E-state index in [2.05, 4.69) is 11.9 Å². The highest BCUT2D eigenvalue weighted by Crippen LogP contribution is 2.49. The largest absolute Gasteiger partial charge is 0.497 e. The quantitative estimate of drug-likeness (QED) is 0.713. The summed E-state index contributed by atoms with van der Waals surface area (Å²) in [6, 6.07) is 4.92. The third kappa shape index (κ3) is 3.09. The first kappa shape index (κ1) is 20.0. The molecule has 2 aliphatic carbocycles. The molecule has 2 heterocycles. The first-order chi connectivity index (χ1) is 15.0. The molecule has 4 unspecified atom stereocenters. The van der Waals surface area contributed by atoms with E-state index in [1.165, 1.54) is 19.3 Å². The summed E-state index contributed by atoms with van der Waals surface area (Å²) in [6.45, 7) is 4.64. The minimum atomic E-state index is -0.579. The average Bonchev–Trinajstić information content (AvgIpc) is 3.50. The van der Waals surface area contributed by atoms with Crippen molar-refractivity contribution < 1.29 is 19.1 Å². The molecular formula is C24H29N3O4. The molecule has 2 saturated carbocycles. The van der Waals surface area contributed by atoms with Gasteiger partial charge in [-0.2, -0.15) is 0 Å². The summed E-state index contributed by atoms with van der Waals surface area (Å²) in [5, 5.41) is 3.04. The lowest BCUT2D eigenvalue weighted by molar-refractivity contribution is -0.128. The van der Waals surface area contributed by atoms with Crippen LogP contribution >= 0.6 is 0 Å². The molecule has 2 aliphatic heterocycles. The number of urea groups is 1. The zero-order valence-corrected chi connectivity index (χ0v) is 18.1. The molecule has 7 nitrogen and oxygen atoms in total. The molecule has 1 aromatic rings. The molecular weight excluding hydrogens is 394 g/mol. The molecule has 2 fully saturated rings. The van der Waals surface area contributed by atoms with Crippen LogP contribution < -0.4 is 14.8 Å². The minimum absolute atomic E-state index is 0.0245. The maximum Gasteiger partial charge on any atom is 0.322 e. The number of benzene rings is 1. The molecule has 7 heteroatoms. The van der Waals surface area contributed by atoms with E-state index in [4.69, 9.17) is 9.47 Å². The number of fused-ring (bicyclic) bond motifs is 2. The molecule has 1 aromatic carbocycles. The predicted molar refractivity (Wildman–Crippen MR) is 116 cm³/mol. The van der Waals surface area contributed by atoms with Crippen molar-refractivity contribution in [2.75, 3.05) is 27.3 Å². The summed E-state index contributed by atoms with van der Waals surface area (Å²) < 4.78 is 11.0. The molecule has 31 heavy (non-hydrogen) atoms. The van der Waals surface area contributed by atoms with E-state index >= 15 is 0 Å². The second-order valence-corrected chi connectivity index (χ2v) is 8.93. The Balaban J connectivity index is 1.57. The monoisotopic (exact) mass is 423 g/mol. The highest BCUT2D eigenvalue weighted by molar-refractivity contribution is 6.02. The maximum absolute atomic E-state index is 13.8. The van der Waals surface area contributed by atoms with Crippen molar-refractivity contribution in [1.29, 1.82) is 0 Å². The van der Waals surface area contributed by atoms with Gasteiger partial charge in [-0.25, -0.2) is 4.79 Å². The molecule has 5 rings (SSSR count). The molecule has 0 aromatic heterocycles. The maximum atomic E-state index is 13.8. The highest BCUT2D eigenvalue weighted by Gasteiger charge is 2.50. The van der Waals surface area contributed by atoms with Crippen LogP contribution in [0.2, 0.25) is 0 Å². The van der Waals surface area contributed by atoms with E-state index in [9.17, 15) is 9.59 Å². The fourth-order valence-corrected chi connectivity index (χ4v) is 5.99. The van der Waals surface area contributed by atoms with Crippen LogP contribution in [0.4, 0.5) is 4.79 Å². The molecule has 164 valence electrons. The molecule has 0 radical (unpaired) electrons. The summed E-state index contributed by atoms with van der Waals surface area (Å²) >= 11 is 0. The molecule has 3 amide bonds. The Kier molecular flexibility index (Phi) is 4.91. The van der Waals surface area contributed by atoms with E-state index < -0.39 is 6.04 Å². The summed E-state index contributed by atoms with van der Waals surface area (Å²) in [7, 11) is 3.19. The Morgan fingerprint density at radius 3 is 2.68 bits per heavy atom. The smallest absolute Gasteiger partial charge is 0.322 e. The molecule has 0 spiro atoms. The van der Waals surface area contributed by atoms with Crippen LogP contribution in [0.3, 0.4) is 0 Å². The van der Waals surface area contributed by atoms with Gasteiger partial charge in [0.25, 0.3) is 5.91 Å². The van der Waals surface area contributed by atoms with Crippen molar-refractivity contribution in [2.45, 2.75) is 37.8 Å². The van der Waals surface area contributed by atoms with Crippen LogP contribution in [0, 0.1) is 11.8 Å². The fraction of sp³-hybridized carbons (Fsp3) is 0.500. The highest BCUT2D eigenvalue weighted by atomic mass is 16.5. The van der Waals surface area contributed by atoms with Gasteiger partial charge < -0.3 is 19.7 Å². The van der Waals surface area contributed by atoms with Crippen LogP contribution in [-0.2, 0) is 4.79 Å². The lowest BCUT2D eigenvalue weighted by Crippen LogP contribution is -2.47. The summed E-state index contributed by atoms with van der Waals surface area (Å²) in [4.78, 5) is 30.5. The van der Waals surface area contributed by atoms with Gasteiger partial charge in [0.2, 0.25) is 0 Å². The second kappa shape index (κ2) is 7.62. The zero-order chi connectivity index (χ0) is 21.7. The SMILES string of the molecule is C=CCN1C(=O)NC(c2cc(OC)ccc2OC)C2=C1CN(C1CC3CCC1C3)C2=O. The lowest BCUT2D eigenvalue weighted by Gasteiger charge is -2.33. The van der Waals surface area contributed by atoms with Gasteiger partial charge in [-0.05, 0) is 49.3 Å². The van der Waals surface area contributed by atoms with E-state index in [0.717, 1.165) is 23.6 Å². The zero-order valence-electron chi connectivity index (χ0n) is 18.1. The van der Waals surface area contributed by atoms with Crippen molar-refractivity contribution in [3.63, 3.8) is 0 Å². The Morgan fingerprint density at radius 2 is 2.03 bits per heavy atom. The van der Waals surface area contributed by atoms with E-state index in [-0.39, 0.29) is 18.0 Å². The van der Waals surface area contributed by atoms with Gasteiger partial charge in [0.15, 0.2) is 0 Å². The van der Waals surface area contributed by atoms with Crippen molar-refractivity contribution in [1.82, 2.24) is 15.1 Å². The van der Waals surface area contributed by atoms with Gasteiger partial charge in [0.1, 0.15) is 11.5 Å². The number of hydrogen-bond donors (Lipinski definition) is 1. The number of amides is 3. The van der Waals surface area contributed by atoms with E-state index in [1.807, 2.05) is 23.1 Å². The molecule has 2 bridgehead atoms. The van der Waals surface area contributed by atoms with Crippen LogP contribution in [0.1, 0.15) is 37.3 Å². The third-order valence-electron chi connectivity index (χ3n) is 7.41. The van der Waals surface area contributed by atoms with Gasteiger partial charge >= 0.3 is 6.03 Å². The number of rotatable bonds is 6. The first-order valence-electron chi connectivity index (χ1n) is 11.0. The predicted octanol–water partition coefficient (Wildman–Crippen LogP) is 3.24. The van der Waals surface area contributed by atoms with Crippen molar-refractivity contribution >= 4 is 11.9 Å². The normalized spacial score (nSPS) is 29.4. The van der Waals surface area contributed by atoms with Gasteiger partial charge in [0, 0.05) is 18.2 Å². The Morgan fingerprint density at radius 1 is 1.19 bits per heavy atom. The number of carbonyl (C=O) groups is 2. The standard InChI is InChI=1S/C24H29N3O4/c1-4-9-26-19-13-27(18-11-14-5-6-15(18)10-14)23(28)21(19)22(25-24(26)29)17-12-16(30-2)7-8-20(17)31-3/h4,7-8,12,14-15,18,22H,1,5-6,9-11,13H2,2-3H3,(H,25,29). The van der Waals surface area contributed by atoms with Crippen LogP contribution in [0.15, 0.2) is 42.1 Å². The summed E-state index contributed by atoms with van der Waals surface area (Å²) in [6.07, 6.45) is 6.47. The van der Waals surface area contributed by atoms with Crippen LogP contribution in [0.25, 0.3) is 0 Å². The van der Waals surface area contributed by atoms with Gasteiger partial charge in [-0.3, -0.25) is 9.69 Å². The molecule has 4 aliphatic rings. The Labute approximate surface area is 182 Å². The van der Waals surface area contributed by atoms with Crippen molar-refractivity contribution in [2.24, 2.45) is 11.8 Å². The number of carbonyl (C=O) groups excluding carboxylic acids is 2. The summed E-state index contributed by atoms with van der Waals surface area (Å²) in [5.74, 6) is 2.60. The molecule has 0 saturated heterocycles. The Hall–Kier alpha value is -2.96. The first-order valence-corrected chi connectivity index (χ1v) is 11.0. The average molecular weight is 424 g/mol. The number of nitrogens with zero attached hydrogens (tertiary/aromatic N) is 2. The number of ether oxygens (including phenoxy) is 2. The second-order valence-electron chi connectivity index (χ2n) is 8.93. The molecule has 1 N–H and O–H groups in total. The minimum Gasteiger partial charge on any atom is -0.497 e. The fourth-order valence-electron chi connectivity index (χ4n) is 5.99.